The number of aldehydes is 1. The van der Waals surface area contributed by atoms with Gasteiger partial charge in [0.15, 0.2) is 0 Å². The molecule has 0 atom stereocenters. The summed E-state index contributed by atoms with van der Waals surface area (Å²) in [5.74, 6) is 0. The second kappa shape index (κ2) is 4.51. The van der Waals surface area contributed by atoms with Gasteiger partial charge in [0.2, 0.25) is 0 Å². The Labute approximate surface area is 71.3 Å². The zero-order valence-corrected chi connectivity index (χ0v) is 6.91. The standard InChI is InChI=1S/C9H11NO2/c1-12-10-9-5-3-2-4-8(9)6-7-11/h2-5,7,10H,6H2,1H3. The first-order chi connectivity index (χ1) is 5.88. The summed E-state index contributed by atoms with van der Waals surface area (Å²) in [5, 5.41) is 0. The molecule has 0 aromatic heterocycles. The van der Waals surface area contributed by atoms with E-state index in [9.17, 15) is 4.79 Å². The van der Waals surface area contributed by atoms with Crippen LogP contribution in [0.2, 0.25) is 0 Å². The van der Waals surface area contributed by atoms with Gasteiger partial charge in [0, 0.05) is 6.42 Å². The van der Waals surface area contributed by atoms with Crippen molar-refractivity contribution in [1.82, 2.24) is 0 Å². The number of benzene rings is 1. The second-order valence-electron chi connectivity index (χ2n) is 2.33. The van der Waals surface area contributed by atoms with Crippen molar-refractivity contribution in [2.45, 2.75) is 6.42 Å². The van der Waals surface area contributed by atoms with E-state index in [1.807, 2.05) is 24.3 Å². The van der Waals surface area contributed by atoms with E-state index in [-0.39, 0.29) is 0 Å². The van der Waals surface area contributed by atoms with Crippen LogP contribution in [0.4, 0.5) is 5.69 Å². The molecule has 0 heterocycles. The van der Waals surface area contributed by atoms with Crippen LogP contribution in [0, 0.1) is 0 Å². The molecule has 0 aliphatic rings. The lowest BCUT2D eigenvalue weighted by molar-refractivity contribution is -0.107. The first-order valence-corrected chi connectivity index (χ1v) is 3.69. The van der Waals surface area contributed by atoms with Gasteiger partial charge in [-0.15, -0.1) is 0 Å². The number of rotatable bonds is 4. The highest BCUT2D eigenvalue weighted by atomic mass is 16.6. The molecule has 12 heavy (non-hydrogen) atoms. The van der Waals surface area contributed by atoms with Crippen molar-refractivity contribution in [3.05, 3.63) is 29.8 Å². The molecule has 1 aromatic rings. The minimum Gasteiger partial charge on any atom is -0.303 e. The number of nitrogens with one attached hydrogen (secondary N) is 1. The average molecular weight is 165 g/mol. The van der Waals surface area contributed by atoms with Crippen LogP contribution in [0.1, 0.15) is 5.56 Å². The number of carbonyl (C=O) groups is 1. The molecule has 0 aliphatic heterocycles. The lowest BCUT2D eigenvalue weighted by atomic mass is 10.1. The van der Waals surface area contributed by atoms with Gasteiger partial charge in [0.05, 0.1) is 12.8 Å². The fourth-order valence-electron chi connectivity index (χ4n) is 0.998. The predicted molar refractivity (Wildman–Crippen MR) is 46.8 cm³/mol. The topological polar surface area (TPSA) is 38.3 Å². The summed E-state index contributed by atoms with van der Waals surface area (Å²) in [5.41, 5.74) is 4.48. The predicted octanol–water partition coefficient (Wildman–Crippen LogP) is 1.40. The van der Waals surface area contributed by atoms with Gasteiger partial charge in [-0.05, 0) is 11.6 Å². The molecule has 0 bridgehead atoms. The van der Waals surface area contributed by atoms with E-state index < -0.39 is 0 Å². The summed E-state index contributed by atoms with van der Waals surface area (Å²) in [6, 6.07) is 7.52. The Hall–Kier alpha value is -1.35. The number of anilines is 1. The highest BCUT2D eigenvalue weighted by Gasteiger charge is 1.98. The molecule has 64 valence electrons. The van der Waals surface area contributed by atoms with Crippen molar-refractivity contribution in [3.63, 3.8) is 0 Å². The van der Waals surface area contributed by atoms with E-state index in [1.54, 1.807) is 0 Å². The SMILES string of the molecule is CONc1ccccc1CC=O. The van der Waals surface area contributed by atoms with Crippen LogP contribution in [0.5, 0.6) is 0 Å². The van der Waals surface area contributed by atoms with E-state index >= 15 is 0 Å². The van der Waals surface area contributed by atoms with Crippen LogP contribution < -0.4 is 5.48 Å². The highest BCUT2D eigenvalue weighted by molar-refractivity contribution is 5.62. The van der Waals surface area contributed by atoms with Crippen molar-refractivity contribution >= 4 is 12.0 Å². The Bertz CT molecular complexity index is 260. The Balaban J connectivity index is 2.83. The zero-order valence-electron chi connectivity index (χ0n) is 6.91. The molecular formula is C9H11NO2. The molecule has 1 aromatic carbocycles. The van der Waals surface area contributed by atoms with Crippen molar-refractivity contribution in [2.24, 2.45) is 0 Å². The van der Waals surface area contributed by atoms with Gasteiger partial charge in [-0.25, -0.2) is 0 Å². The zero-order chi connectivity index (χ0) is 8.81. The summed E-state index contributed by atoms with van der Waals surface area (Å²) < 4.78 is 0. The molecular weight excluding hydrogens is 154 g/mol. The van der Waals surface area contributed by atoms with Crippen LogP contribution in [0.15, 0.2) is 24.3 Å². The maximum atomic E-state index is 10.3. The van der Waals surface area contributed by atoms with Crippen LogP contribution in [-0.2, 0) is 16.1 Å². The Morgan fingerprint density at radius 2 is 2.25 bits per heavy atom. The Morgan fingerprint density at radius 1 is 1.50 bits per heavy atom. The first kappa shape index (κ1) is 8.74. The van der Waals surface area contributed by atoms with Crippen LogP contribution in [-0.4, -0.2) is 13.4 Å². The van der Waals surface area contributed by atoms with E-state index in [0.29, 0.717) is 6.42 Å². The quantitative estimate of drug-likeness (QED) is 0.541. The third-order valence-electron chi connectivity index (χ3n) is 1.53. The highest BCUT2D eigenvalue weighted by Crippen LogP contribution is 2.14. The summed E-state index contributed by atoms with van der Waals surface area (Å²) in [4.78, 5) is 15.0. The molecule has 0 radical (unpaired) electrons. The largest absolute Gasteiger partial charge is 0.303 e. The molecule has 1 rings (SSSR count). The fraction of sp³-hybridized carbons (Fsp3) is 0.222. The smallest absolute Gasteiger partial charge is 0.124 e. The molecule has 0 amide bonds. The molecule has 0 aliphatic carbocycles. The summed E-state index contributed by atoms with van der Waals surface area (Å²) in [6.07, 6.45) is 1.28. The van der Waals surface area contributed by atoms with Gasteiger partial charge < -0.3 is 4.79 Å². The number of hydrogen-bond acceptors (Lipinski definition) is 3. The molecule has 0 saturated heterocycles. The third kappa shape index (κ3) is 2.07. The second-order valence-corrected chi connectivity index (χ2v) is 2.33. The summed E-state index contributed by atoms with van der Waals surface area (Å²) in [7, 11) is 1.54. The van der Waals surface area contributed by atoms with Gasteiger partial charge in [-0.3, -0.25) is 10.3 Å². The van der Waals surface area contributed by atoms with E-state index in [0.717, 1.165) is 17.5 Å². The lowest BCUT2D eigenvalue weighted by Crippen LogP contribution is -1.99. The Morgan fingerprint density at radius 3 is 2.92 bits per heavy atom. The fourth-order valence-corrected chi connectivity index (χ4v) is 0.998. The molecule has 0 saturated carbocycles. The minimum absolute atomic E-state index is 0.409. The number of carbonyl (C=O) groups excluding carboxylic acids is 1. The average Bonchev–Trinajstić information content (AvgIpc) is 2.09. The molecule has 1 N–H and O–H groups in total. The van der Waals surface area contributed by atoms with Gasteiger partial charge in [-0.2, -0.15) is 0 Å². The van der Waals surface area contributed by atoms with E-state index in [1.165, 1.54) is 7.11 Å². The number of hydrogen-bond donors (Lipinski definition) is 1. The molecule has 0 fully saturated rings. The molecule has 0 spiro atoms. The third-order valence-corrected chi connectivity index (χ3v) is 1.53. The summed E-state index contributed by atoms with van der Waals surface area (Å²) in [6.45, 7) is 0. The lowest BCUT2D eigenvalue weighted by Gasteiger charge is -2.06. The number of para-hydroxylation sites is 1. The van der Waals surface area contributed by atoms with Crippen LogP contribution in [0.25, 0.3) is 0 Å². The van der Waals surface area contributed by atoms with Crippen molar-refractivity contribution in [1.29, 1.82) is 0 Å². The molecule has 3 heteroatoms. The van der Waals surface area contributed by atoms with E-state index in [2.05, 4.69) is 5.48 Å². The van der Waals surface area contributed by atoms with Crippen LogP contribution >= 0.6 is 0 Å². The van der Waals surface area contributed by atoms with Gasteiger partial charge in [-0.1, -0.05) is 18.2 Å². The van der Waals surface area contributed by atoms with E-state index in [4.69, 9.17) is 4.84 Å². The molecule has 3 nitrogen and oxygen atoms in total. The van der Waals surface area contributed by atoms with Gasteiger partial charge in [0.1, 0.15) is 6.29 Å². The molecule has 0 unspecified atom stereocenters. The monoisotopic (exact) mass is 165 g/mol. The van der Waals surface area contributed by atoms with Crippen LogP contribution in [0.3, 0.4) is 0 Å². The summed E-state index contributed by atoms with van der Waals surface area (Å²) >= 11 is 0. The van der Waals surface area contributed by atoms with Crippen molar-refractivity contribution in [2.75, 3.05) is 12.6 Å². The normalized spacial score (nSPS) is 9.42. The maximum Gasteiger partial charge on any atom is 0.124 e. The van der Waals surface area contributed by atoms with Gasteiger partial charge >= 0.3 is 0 Å². The minimum atomic E-state index is 0.409. The first-order valence-electron chi connectivity index (χ1n) is 3.69. The Kier molecular flexibility index (Phi) is 3.29. The maximum absolute atomic E-state index is 10.3. The van der Waals surface area contributed by atoms with Crippen molar-refractivity contribution < 1.29 is 9.63 Å². The van der Waals surface area contributed by atoms with Crippen molar-refractivity contribution in [3.8, 4) is 0 Å². The van der Waals surface area contributed by atoms with Gasteiger partial charge in [0.25, 0.3) is 0 Å².